The number of rotatable bonds is 14. The number of aryl methyl sites for hydroxylation is 1. The minimum absolute atomic E-state index is 0.0852. The van der Waals surface area contributed by atoms with Crippen LogP contribution in [0, 0.1) is 0 Å². The van der Waals surface area contributed by atoms with Gasteiger partial charge in [0.1, 0.15) is 6.04 Å². The van der Waals surface area contributed by atoms with Crippen molar-refractivity contribution in [1.82, 2.24) is 9.62 Å². The van der Waals surface area contributed by atoms with Crippen LogP contribution in [0.4, 0.5) is 16.2 Å². The Balaban J connectivity index is 1.62. The quantitative estimate of drug-likeness (QED) is 0.137. The van der Waals surface area contributed by atoms with E-state index < -0.39 is 52.7 Å². The van der Waals surface area contributed by atoms with E-state index in [1.807, 2.05) is 72.8 Å². The van der Waals surface area contributed by atoms with Crippen molar-refractivity contribution in [3.63, 3.8) is 0 Å². The number of nitrogens with one attached hydrogen (secondary N) is 2. The van der Waals surface area contributed by atoms with Crippen molar-refractivity contribution in [3.05, 3.63) is 126 Å². The van der Waals surface area contributed by atoms with Gasteiger partial charge in [0.05, 0.1) is 18.6 Å². The Morgan fingerprint density at radius 2 is 1.40 bits per heavy atom. The number of ether oxygens (including phenoxy) is 1. The first-order valence-corrected chi connectivity index (χ1v) is 16.8. The van der Waals surface area contributed by atoms with Crippen molar-refractivity contribution in [3.8, 4) is 0 Å². The molecule has 4 aromatic rings. The third-order valence-electron chi connectivity index (χ3n) is 7.95. The summed E-state index contributed by atoms with van der Waals surface area (Å²) in [4.78, 5) is 26.7. The predicted octanol–water partition coefficient (Wildman–Crippen LogP) is 5.16. The van der Waals surface area contributed by atoms with Crippen molar-refractivity contribution in [2.75, 3.05) is 24.8 Å². The standard InChI is InChI=1S/C36H42N4O6S/c1-25(2)40(47(44,45)31-22-19-29(37)20-23-31)30(24-41)21-18-26-12-10-11-17-32(26)38-35(42)34(39-36(43)46-3)33(27-13-6-4-7-14-27)28-15-8-5-9-16-28/h4-17,19-20,22-23,25,30,33-34,41H,18,21,24,37H2,1-3H3,(H,38,42)(H,39,43)/t30-,34-/m0/s1. The molecule has 0 saturated carbocycles. The van der Waals surface area contributed by atoms with Crippen molar-refractivity contribution >= 4 is 33.4 Å². The zero-order chi connectivity index (χ0) is 34.0. The van der Waals surface area contributed by atoms with E-state index in [9.17, 15) is 23.1 Å². The highest BCUT2D eigenvalue weighted by atomic mass is 32.2. The number of nitrogens with two attached hydrogens (primary N) is 1. The second kappa shape index (κ2) is 16.2. The number of carbonyl (C=O) groups is 2. The molecular weight excluding hydrogens is 616 g/mol. The number of sulfonamides is 1. The molecule has 0 aliphatic carbocycles. The number of nitrogens with zero attached hydrogens (tertiary/aromatic N) is 1. The van der Waals surface area contributed by atoms with Crippen LogP contribution >= 0.6 is 0 Å². The number of aliphatic hydroxyl groups is 1. The van der Waals surface area contributed by atoms with E-state index in [1.165, 1.54) is 35.7 Å². The predicted molar refractivity (Wildman–Crippen MR) is 183 cm³/mol. The van der Waals surface area contributed by atoms with Gasteiger partial charge in [0.15, 0.2) is 0 Å². The molecule has 0 spiro atoms. The summed E-state index contributed by atoms with van der Waals surface area (Å²) in [6, 6.07) is 29.8. The summed E-state index contributed by atoms with van der Waals surface area (Å²) in [6.07, 6.45) is -0.133. The van der Waals surface area contributed by atoms with Crippen molar-refractivity contribution in [1.29, 1.82) is 0 Å². The molecule has 4 rings (SSSR count). The van der Waals surface area contributed by atoms with Gasteiger partial charge in [0.2, 0.25) is 15.9 Å². The molecule has 2 amide bonds. The number of aliphatic hydroxyl groups excluding tert-OH is 1. The van der Waals surface area contributed by atoms with E-state index in [-0.39, 0.29) is 11.3 Å². The summed E-state index contributed by atoms with van der Waals surface area (Å²) in [5.74, 6) is -1.01. The molecule has 0 heterocycles. The zero-order valence-corrected chi connectivity index (χ0v) is 27.6. The fraction of sp³-hybridized carbons (Fsp3) is 0.278. The first kappa shape index (κ1) is 35.1. The monoisotopic (exact) mass is 658 g/mol. The lowest BCUT2D eigenvalue weighted by Crippen LogP contribution is -2.48. The number of para-hydroxylation sites is 1. The van der Waals surface area contributed by atoms with Crippen LogP contribution in [-0.2, 0) is 26.0 Å². The van der Waals surface area contributed by atoms with Crippen LogP contribution in [0.1, 0.15) is 42.9 Å². The number of benzene rings is 4. The fourth-order valence-corrected chi connectivity index (χ4v) is 7.58. The van der Waals surface area contributed by atoms with E-state index >= 15 is 0 Å². The number of amides is 2. The molecule has 2 atom stereocenters. The SMILES string of the molecule is COC(=O)N[C@H](C(=O)Nc1ccccc1CC[C@@H](CO)N(C(C)C)S(=O)(=O)c1ccc(N)cc1)C(c1ccccc1)c1ccccc1. The Kier molecular flexibility index (Phi) is 12.1. The lowest BCUT2D eigenvalue weighted by Gasteiger charge is -2.33. The molecule has 0 aliphatic heterocycles. The Bertz CT molecular complexity index is 1680. The van der Waals surface area contributed by atoms with Crippen LogP contribution in [-0.4, -0.2) is 61.7 Å². The minimum Gasteiger partial charge on any atom is -0.453 e. The van der Waals surface area contributed by atoms with E-state index in [4.69, 9.17) is 10.5 Å². The van der Waals surface area contributed by atoms with Crippen molar-refractivity contribution in [2.24, 2.45) is 0 Å². The molecule has 248 valence electrons. The summed E-state index contributed by atoms with van der Waals surface area (Å²) in [7, 11) is -2.71. The Morgan fingerprint density at radius 1 is 0.851 bits per heavy atom. The molecule has 5 N–H and O–H groups in total. The molecule has 0 aromatic heterocycles. The number of hydrogen-bond donors (Lipinski definition) is 4. The molecule has 11 heteroatoms. The minimum atomic E-state index is -3.95. The maximum Gasteiger partial charge on any atom is 0.407 e. The average Bonchev–Trinajstić information content (AvgIpc) is 3.07. The molecule has 47 heavy (non-hydrogen) atoms. The average molecular weight is 659 g/mol. The van der Waals surface area contributed by atoms with E-state index in [2.05, 4.69) is 10.6 Å². The van der Waals surface area contributed by atoms with Gasteiger partial charge >= 0.3 is 6.09 Å². The lowest BCUT2D eigenvalue weighted by atomic mass is 9.84. The second-order valence-electron chi connectivity index (χ2n) is 11.4. The van der Waals surface area contributed by atoms with E-state index in [0.717, 1.165) is 16.7 Å². The largest absolute Gasteiger partial charge is 0.453 e. The fourth-order valence-electron chi connectivity index (χ4n) is 5.73. The third-order valence-corrected chi connectivity index (χ3v) is 10.1. The number of nitrogen functional groups attached to an aromatic ring is 1. The molecular formula is C36H42N4O6S. The van der Waals surface area contributed by atoms with Crippen LogP contribution in [0.3, 0.4) is 0 Å². The topological polar surface area (TPSA) is 151 Å². The number of carbonyl (C=O) groups excluding carboxylic acids is 2. The summed E-state index contributed by atoms with van der Waals surface area (Å²) >= 11 is 0. The number of hydrogen-bond acceptors (Lipinski definition) is 7. The first-order valence-electron chi connectivity index (χ1n) is 15.4. The van der Waals surface area contributed by atoms with Crippen LogP contribution in [0.15, 0.2) is 114 Å². The normalized spacial score (nSPS) is 12.9. The third kappa shape index (κ3) is 8.76. The van der Waals surface area contributed by atoms with Crippen molar-refractivity contribution < 1.29 is 27.9 Å². The van der Waals surface area contributed by atoms with E-state index in [1.54, 1.807) is 26.0 Å². The molecule has 0 radical (unpaired) electrons. The van der Waals surface area contributed by atoms with Gasteiger partial charge in [0, 0.05) is 29.4 Å². The van der Waals surface area contributed by atoms with Gasteiger partial charge < -0.3 is 26.2 Å². The molecule has 0 fully saturated rings. The maximum absolute atomic E-state index is 14.1. The lowest BCUT2D eigenvalue weighted by molar-refractivity contribution is -0.118. The molecule has 0 bridgehead atoms. The van der Waals surface area contributed by atoms with Gasteiger partial charge in [-0.2, -0.15) is 4.31 Å². The number of methoxy groups -OCH3 is 1. The van der Waals surface area contributed by atoms with Crippen LogP contribution in [0.2, 0.25) is 0 Å². The summed E-state index contributed by atoms with van der Waals surface area (Å²) in [5, 5.41) is 16.1. The smallest absolute Gasteiger partial charge is 0.407 e. The highest BCUT2D eigenvalue weighted by Crippen LogP contribution is 2.30. The number of anilines is 2. The Morgan fingerprint density at radius 3 is 1.94 bits per heavy atom. The van der Waals surface area contributed by atoms with Gasteiger partial charge in [0.25, 0.3) is 0 Å². The van der Waals surface area contributed by atoms with Crippen LogP contribution in [0.5, 0.6) is 0 Å². The van der Waals surface area contributed by atoms with Gasteiger partial charge in [-0.25, -0.2) is 13.2 Å². The van der Waals surface area contributed by atoms with Gasteiger partial charge in [-0.1, -0.05) is 78.9 Å². The summed E-state index contributed by atoms with van der Waals surface area (Å²) in [5.41, 5.74) is 9.11. The second-order valence-corrected chi connectivity index (χ2v) is 13.3. The van der Waals surface area contributed by atoms with Crippen LogP contribution in [0.25, 0.3) is 0 Å². The van der Waals surface area contributed by atoms with Crippen molar-refractivity contribution in [2.45, 2.75) is 55.6 Å². The highest BCUT2D eigenvalue weighted by Gasteiger charge is 2.35. The van der Waals surface area contributed by atoms with Crippen LogP contribution < -0.4 is 16.4 Å². The maximum atomic E-state index is 14.1. The van der Waals surface area contributed by atoms with Gasteiger partial charge in [-0.15, -0.1) is 0 Å². The summed E-state index contributed by atoms with van der Waals surface area (Å²) < 4.78 is 33.6. The Hall–Kier alpha value is -4.71. The van der Waals surface area contributed by atoms with E-state index in [0.29, 0.717) is 17.8 Å². The highest BCUT2D eigenvalue weighted by molar-refractivity contribution is 7.89. The zero-order valence-electron chi connectivity index (χ0n) is 26.7. The first-order chi connectivity index (χ1) is 22.6. The molecule has 0 saturated heterocycles. The molecule has 4 aromatic carbocycles. The molecule has 10 nitrogen and oxygen atoms in total. The molecule has 0 unspecified atom stereocenters. The number of alkyl carbamates (subject to hydrolysis) is 1. The van der Waals surface area contributed by atoms with Gasteiger partial charge in [-0.3, -0.25) is 4.79 Å². The van der Waals surface area contributed by atoms with Gasteiger partial charge in [-0.05, 0) is 73.7 Å². The molecule has 0 aliphatic rings. The summed E-state index contributed by atoms with van der Waals surface area (Å²) in [6.45, 7) is 3.12. The Labute approximate surface area is 276 Å².